The first-order chi connectivity index (χ1) is 7.52. The first kappa shape index (κ1) is 14.0. The van der Waals surface area contributed by atoms with Crippen molar-refractivity contribution in [3.8, 4) is 0 Å². The average Bonchev–Trinajstić information content (AvgIpc) is 2.38. The van der Waals surface area contributed by atoms with E-state index in [-0.39, 0.29) is 0 Å². The number of rotatable bonds is 1. The maximum atomic E-state index is 11.9. The summed E-state index contributed by atoms with van der Waals surface area (Å²) in [6, 6.07) is -0.117. The normalized spacial score (nSPS) is 23.6. The molecule has 1 aliphatic rings. The fourth-order valence-corrected chi connectivity index (χ4v) is 4.85. The fraction of sp³-hybridized carbons (Fsp3) is 0.818. The van der Waals surface area contributed by atoms with Crippen LogP contribution in [0.2, 0.25) is 19.1 Å². The predicted octanol–water partition coefficient (Wildman–Crippen LogP) is 1.94. The van der Waals surface area contributed by atoms with Gasteiger partial charge < -0.3 is 9.84 Å². The van der Waals surface area contributed by atoms with Gasteiger partial charge in [-0.1, -0.05) is 13.1 Å². The number of hydrogen-bond donors (Lipinski definition) is 1. The fourth-order valence-electron chi connectivity index (χ4n) is 2.00. The molecule has 0 radical (unpaired) electrons. The van der Waals surface area contributed by atoms with Gasteiger partial charge in [0.1, 0.15) is 11.6 Å². The molecule has 5 nitrogen and oxygen atoms in total. The second-order valence-corrected chi connectivity index (χ2v) is 11.4. The molecule has 0 saturated carbocycles. The van der Waals surface area contributed by atoms with Crippen LogP contribution in [0.4, 0.5) is 4.79 Å². The molecule has 0 aromatic heterocycles. The van der Waals surface area contributed by atoms with Crippen molar-refractivity contribution in [3.05, 3.63) is 0 Å². The predicted molar refractivity (Wildman–Crippen MR) is 66.7 cm³/mol. The molecule has 1 N–H and O–H groups in total. The summed E-state index contributed by atoms with van der Waals surface area (Å²) in [4.78, 5) is 24.4. The Bertz CT molecular complexity index is 335. The van der Waals surface area contributed by atoms with E-state index in [1.807, 2.05) is 0 Å². The highest BCUT2D eigenvalue weighted by Crippen LogP contribution is 2.28. The monoisotopic (exact) mass is 259 g/mol. The van der Waals surface area contributed by atoms with E-state index in [0.717, 1.165) is 0 Å². The maximum Gasteiger partial charge on any atom is 0.410 e. The molecule has 1 aliphatic heterocycles. The molecule has 1 heterocycles. The Kier molecular flexibility index (Phi) is 3.57. The van der Waals surface area contributed by atoms with E-state index in [2.05, 4.69) is 13.1 Å². The highest BCUT2D eigenvalue weighted by atomic mass is 28.3. The summed E-state index contributed by atoms with van der Waals surface area (Å²) in [5, 5.41) is 9.14. The minimum Gasteiger partial charge on any atom is -0.480 e. The van der Waals surface area contributed by atoms with E-state index < -0.39 is 31.8 Å². The van der Waals surface area contributed by atoms with E-state index >= 15 is 0 Å². The van der Waals surface area contributed by atoms with Crippen molar-refractivity contribution in [2.45, 2.75) is 51.6 Å². The van der Waals surface area contributed by atoms with Crippen LogP contribution in [0.5, 0.6) is 0 Å². The van der Waals surface area contributed by atoms with Crippen molar-refractivity contribution in [2.75, 3.05) is 6.17 Å². The minimum absolute atomic E-state index is 0.511. The number of carbonyl (C=O) groups excluding carboxylic acids is 1. The van der Waals surface area contributed by atoms with E-state index in [1.165, 1.54) is 4.90 Å². The van der Waals surface area contributed by atoms with Crippen molar-refractivity contribution >= 4 is 20.1 Å². The highest BCUT2D eigenvalue weighted by Gasteiger charge is 2.46. The number of ether oxygens (including phenoxy) is 1. The molecule has 0 aromatic rings. The number of hydrogen-bond acceptors (Lipinski definition) is 3. The highest BCUT2D eigenvalue weighted by molar-refractivity contribution is 6.78. The van der Waals surface area contributed by atoms with Crippen molar-refractivity contribution in [3.63, 3.8) is 0 Å². The van der Waals surface area contributed by atoms with Crippen LogP contribution in [0.15, 0.2) is 0 Å². The molecule has 0 unspecified atom stereocenters. The third-order valence-corrected chi connectivity index (χ3v) is 5.32. The number of carbonyl (C=O) groups is 2. The van der Waals surface area contributed by atoms with Crippen molar-refractivity contribution in [1.29, 1.82) is 0 Å². The van der Waals surface area contributed by atoms with Crippen LogP contribution in [0.1, 0.15) is 20.8 Å². The number of aliphatic carboxylic acids is 1. The summed E-state index contributed by atoms with van der Waals surface area (Å²) >= 11 is 0. The Morgan fingerprint density at radius 1 is 1.35 bits per heavy atom. The Morgan fingerprint density at radius 3 is 2.29 bits per heavy atom. The lowest BCUT2D eigenvalue weighted by Gasteiger charge is -2.27. The topological polar surface area (TPSA) is 66.8 Å². The van der Waals surface area contributed by atoms with Crippen LogP contribution < -0.4 is 0 Å². The third kappa shape index (κ3) is 3.73. The molecule has 1 atom stereocenters. The van der Waals surface area contributed by atoms with Gasteiger partial charge in [-0.15, -0.1) is 0 Å². The van der Waals surface area contributed by atoms with Crippen LogP contribution in [0.3, 0.4) is 0 Å². The molecular weight excluding hydrogens is 238 g/mol. The Labute approximate surface area is 103 Å². The quantitative estimate of drug-likeness (QED) is 0.731. The number of amides is 1. The van der Waals surface area contributed by atoms with Gasteiger partial charge in [0.25, 0.3) is 0 Å². The zero-order valence-corrected chi connectivity index (χ0v) is 12.1. The second-order valence-electron chi connectivity index (χ2n) is 6.33. The van der Waals surface area contributed by atoms with Crippen LogP contribution in [0.25, 0.3) is 0 Å². The zero-order chi connectivity index (χ0) is 13.4. The van der Waals surface area contributed by atoms with E-state index in [9.17, 15) is 9.59 Å². The van der Waals surface area contributed by atoms with Crippen molar-refractivity contribution in [1.82, 2.24) is 4.90 Å². The van der Waals surface area contributed by atoms with Gasteiger partial charge in [0.15, 0.2) is 0 Å². The molecule has 98 valence electrons. The van der Waals surface area contributed by atoms with Gasteiger partial charge in [0.05, 0.1) is 8.07 Å². The van der Waals surface area contributed by atoms with Crippen LogP contribution in [-0.4, -0.2) is 48.0 Å². The molecule has 1 amide bonds. The summed E-state index contributed by atoms with van der Waals surface area (Å²) in [7, 11) is -1.62. The van der Waals surface area contributed by atoms with Gasteiger partial charge in [0.2, 0.25) is 0 Å². The van der Waals surface area contributed by atoms with Crippen LogP contribution >= 0.6 is 0 Å². The first-order valence-corrected chi connectivity index (χ1v) is 9.16. The minimum atomic E-state index is -1.62. The van der Waals surface area contributed by atoms with Gasteiger partial charge in [-0.05, 0) is 26.8 Å². The molecule has 17 heavy (non-hydrogen) atoms. The maximum absolute atomic E-state index is 11.9. The van der Waals surface area contributed by atoms with E-state index in [4.69, 9.17) is 9.84 Å². The zero-order valence-electron chi connectivity index (χ0n) is 11.1. The number of carboxylic acid groups (broad SMARTS) is 1. The average molecular weight is 259 g/mol. The first-order valence-electron chi connectivity index (χ1n) is 5.74. The molecule has 1 saturated heterocycles. The summed E-state index contributed by atoms with van der Waals surface area (Å²) in [6.45, 7) is 9.51. The lowest BCUT2D eigenvalue weighted by molar-refractivity contribution is -0.141. The lowest BCUT2D eigenvalue weighted by atomic mass is 10.2. The molecule has 1 fully saturated rings. The van der Waals surface area contributed by atoms with Crippen molar-refractivity contribution in [2.24, 2.45) is 0 Å². The van der Waals surface area contributed by atoms with Crippen LogP contribution in [-0.2, 0) is 9.53 Å². The van der Waals surface area contributed by atoms with Gasteiger partial charge >= 0.3 is 12.1 Å². The summed E-state index contributed by atoms with van der Waals surface area (Å²) in [5.41, 5.74) is -0.589. The van der Waals surface area contributed by atoms with Gasteiger partial charge in [-0.25, -0.2) is 9.59 Å². The van der Waals surface area contributed by atoms with Gasteiger partial charge in [-0.3, -0.25) is 4.90 Å². The molecule has 0 aliphatic carbocycles. The summed E-state index contributed by atoms with van der Waals surface area (Å²) in [5.74, 6) is -0.936. The lowest BCUT2D eigenvalue weighted by Crippen LogP contribution is -2.44. The van der Waals surface area contributed by atoms with Crippen molar-refractivity contribution < 1.29 is 19.4 Å². The van der Waals surface area contributed by atoms with Gasteiger partial charge in [0, 0.05) is 6.17 Å². The number of carboxylic acids is 1. The second kappa shape index (κ2) is 4.32. The van der Waals surface area contributed by atoms with E-state index in [0.29, 0.717) is 12.2 Å². The molecule has 0 aromatic carbocycles. The Balaban J connectivity index is 2.81. The third-order valence-electron chi connectivity index (χ3n) is 2.63. The van der Waals surface area contributed by atoms with Gasteiger partial charge in [-0.2, -0.15) is 0 Å². The summed E-state index contributed by atoms with van der Waals surface area (Å²) < 4.78 is 5.24. The SMILES string of the molecule is CC(C)(C)OC(=O)N1C[Si](C)(C)C[C@H]1C(=O)O. The Morgan fingerprint density at radius 2 is 1.88 bits per heavy atom. The van der Waals surface area contributed by atoms with E-state index in [1.54, 1.807) is 20.8 Å². The standard InChI is InChI=1S/C11H21NO4Si/c1-11(2,3)16-10(15)12-7-17(4,5)6-8(12)9(13)14/h8H,6-7H2,1-5H3,(H,13,14)/t8-/m0/s1. The smallest absolute Gasteiger partial charge is 0.410 e. The Hall–Kier alpha value is -1.04. The molecule has 0 spiro atoms. The molecule has 6 heteroatoms. The molecule has 0 bridgehead atoms. The van der Waals surface area contributed by atoms with Crippen LogP contribution in [0, 0.1) is 0 Å². The summed E-state index contributed by atoms with van der Waals surface area (Å²) in [6.07, 6.45) is 0.0433. The molecule has 1 rings (SSSR count). The number of nitrogens with zero attached hydrogens (tertiary/aromatic N) is 1. The largest absolute Gasteiger partial charge is 0.480 e. The molecular formula is C11H21NO4Si.